The molecule has 1 rings (SSSR count). The summed E-state index contributed by atoms with van der Waals surface area (Å²) in [5.41, 5.74) is 1.27. The Morgan fingerprint density at radius 2 is 2.00 bits per heavy atom. The molecule has 1 N–H and O–H groups in total. The summed E-state index contributed by atoms with van der Waals surface area (Å²) >= 11 is 0. The predicted molar refractivity (Wildman–Crippen MR) is 59.5 cm³/mol. The van der Waals surface area contributed by atoms with Crippen molar-refractivity contribution in [3.8, 4) is 5.75 Å². The second kappa shape index (κ2) is 6.22. The largest absolute Gasteiger partial charge is 0.490 e. The number of nitrogens with one attached hydrogen (secondary N) is 1. The normalized spacial score (nSPS) is 10.7. The smallest absolute Gasteiger partial charge is 0.119 e. The zero-order chi connectivity index (χ0) is 10.2. The minimum Gasteiger partial charge on any atom is -0.490 e. The van der Waals surface area contributed by atoms with Gasteiger partial charge in [0.25, 0.3) is 0 Å². The molecular weight excluding hydrogens is 174 g/mol. The van der Waals surface area contributed by atoms with Crippen molar-refractivity contribution in [3.05, 3.63) is 42.0 Å². The van der Waals surface area contributed by atoms with E-state index in [0.29, 0.717) is 6.61 Å². The molecule has 0 amide bonds. The Kier molecular flexibility index (Phi) is 4.79. The minimum absolute atomic E-state index is 0.641. The molecule has 0 atom stereocenters. The average Bonchev–Trinajstić information content (AvgIpc) is 2.21. The van der Waals surface area contributed by atoms with Crippen molar-refractivity contribution in [2.24, 2.45) is 0 Å². The fraction of sp³-hybridized carbons (Fsp3) is 0.333. The molecular formula is C12H17NO. The Balaban J connectivity index is 2.46. The maximum absolute atomic E-state index is 5.47. The molecule has 0 unspecified atom stereocenters. The van der Waals surface area contributed by atoms with E-state index in [1.54, 1.807) is 0 Å². The monoisotopic (exact) mass is 191 g/mol. The first kappa shape index (κ1) is 10.8. The highest BCUT2D eigenvalue weighted by Gasteiger charge is 1.92. The van der Waals surface area contributed by atoms with E-state index >= 15 is 0 Å². The number of ether oxygens (including phenoxy) is 1. The number of rotatable bonds is 5. The molecule has 0 aliphatic heterocycles. The third-order valence-corrected chi connectivity index (χ3v) is 1.89. The molecule has 2 heteroatoms. The van der Waals surface area contributed by atoms with E-state index in [1.165, 1.54) is 5.56 Å². The summed E-state index contributed by atoms with van der Waals surface area (Å²) in [6.07, 6.45) is 3.97. The Labute approximate surface area is 85.6 Å². The molecule has 0 aliphatic carbocycles. The zero-order valence-electron chi connectivity index (χ0n) is 8.79. The van der Waals surface area contributed by atoms with Crippen LogP contribution >= 0.6 is 0 Å². The number of allylic oxidation sites excluding steroid dienone is 1. The summed E-state index contributed by atoms with van der Waals surface area (Å²) in [6.45, 7) is 3.52. The average molecular weight is 191 g/mol. The summed E-state index contributed by atoms with van der Waals surface area (Å²) < 4.78 is 5.47. The van der Waals surface area contributed by atoms with Crippen LogP contribution in [0.15, 0.2) is 36.4 Å². The lowest BCUT2D eigenvalue weighted by Gasteiger charge is -2.04. The summed E-state index contributed by atoms with van der Waals surface area (Å²) in [7, 11) is 1.94. The van der Waals surface area contributed by atoms with Crippen molar-refractivity contribution in [2.75, 3.05) is 13.7 Å². The van der Waals surface area contributed by atoms with E-state index in [2.05, 4.69) is 17.4 Å². The van der Waals surface area contributed by atoms with Crippen LogP contribution in [0.4, 0.5) is 0 Å². The maximum Gasteiger partial charge on any atom is 0.119 e. The Hall–Kier alpha value is -1.28. The molecule has 0 bridgehead atoms. The van der Waals surface area contributed by atoms with Gasteiger partial charge in [0.05, 0.1) is 0 Å². The second-order valence-electron chi connectivity index (χ2n) is 3.05. The lowest BCUT2D eigenvalue weighted by atomic mass is 10.2. The molecule has 0 fully saturated rings. The molecule has 0 aromatic heterocycles. The van der Waals surface area contributed by atoms with Crippen molar-refractivity contribution in [1.29, 1.82) is 0 Å². The maximum atomic E-state index is 5.47. The van der Waals surface area contributed by atoms with Crippen molar-refractivity contribution in [1.82, 2.24) is 5.32 Å². The van der Waals surface area contributed by atoms with Crippen LogP contribution in [-0.2, 0) is 6.54 Å². The van der Waals surface area contributed by atoms with Crippen molar-refractivity contribution in [3.63, 3.8) is 0 Å². The van der Waals surface area contributed by atoms with Crippen LogP contribution in [0.1, 0.15) is 12.5 Å². The first-order valence-corrected chi connectivity index (χ1v) is 4.84. The molecule has 2 nitrogen and oxygen atoms in total. The molecule has 14 heavy (non-hydrogen) atoms. The predicted octanol–water partition coefficient (Wildman–Crippen LogP) is 2.36. The molecule has 1 aromatic rings. The lowest BCUT2D eigenvalue weighted by molar-refractivity contribution is 0.362. The highest BCUT2D eigenvalue weighted by molar-refractivity contribution is 5.27. The van der Waals surface area contributed by atoms with Gasteiger partial charge < -0.3 is 10.1 Å². The highest BCUT2D eigenvalue weighted by atomic mass is 16.5. The Morgan fingerprint density at radius 1 is 1.29 bits per heavy atom. The van der Waals surface area contributed by atoms with Gasteiger partial charge in [-0.3, -0.25) is 0 Å². The van der Waals surface area contributed by atoms with Gasteiger partial charge in [0.15, 0.2) is 0 Å². The van der Waals surface area contributed by atoms with Gasteiger partial charge in [-0.05, 0) is 31.7 Å². The first-order chi connectivity index (χ1) is 6.86. The van der Waals surface area contributed by atoms with Crippen molar-refractivity contribution >= 4 is 0 Å². The third-order valence-electron chi connectivity index (χ3n) is 1.89. The van der Waals surface area contributed by atoms with Crippen LogP contribution in [0.5, 0.6) is 5.75 Å². The van der Waals surface area contributed by atoms with Gasteiger partial charge in [-0.25, -0.2) is 0 Å². The van der Waals surface area contributed by atoms with Gasteiger partial charge in [0, 0.05) is 6.54 Å². The number of hydrogen-bond donors (Lipinski definition) is 1. The standard InChI is InChI=1S/C12H17NO/c1-3-4-9-14-12-7-5-11(6-8-12)10-13-2/h3-8,13H,9-10H2,1-2H3/b4-3+. The van der Waals surface area contributed by atoms with Crippen LogP contribution in [0.3, 0.4) is 0 Å². The topological polar surface area (TPSA) is 21.3 Å². The summed E-state index contributed by atoms with van der Waals surface area (Å²) in [4.78, 5) is 0. The molecule has 0 spiro atoms. The fourth-order valence-corrected chi connectivity index (χ4v) is 1.15. The molecule has 0 aliphatic rings. The van der Waals surface area contributed by atoms with Crippen molar-refractivity contribution in [2.45, 2.75) is 13.5 Å². The number of hydrogen-bond acceptors (Lipinski definition) is 2. The molecule has 0 heterocycles. The van der Waals surface area contributed by atoms with Crippen LogP contribution in [-0.4, -0.2) is 13.7 Å². The summed E-state index contributed by atoms with van der Waals surface area (Å²) in [5.74, 6) is 0.919. The molecule has 0 radical (unpaired) electrons. The van der Waals surface area contributed by atoms with E-state index in [0.717, 1.165) is 12.3 Å². The second-order valence-corrected chi connectivity index (χ2v) is 3.05. The molecule has 76 valence electrons. The van der Waals surface area contributed by atoms with Gasteiger partial charge in [-0.2, -0.15) is 0 Å². The van der Waals surface area contributed by atoms with Gasteiger partial charge >= 0.3 is 0 Å². The first-order valence-electron chi connectivity index (χ1n) is 4.84. The van der Waals surface area contributed by atoms with Gasteiger partial charge in [0.1, 0.15) is 12.4 Å². The van der Waals surface area contributed by atoms with Crippen molar-refractivity contribution < 1.29 is 4.74 Å². The number of benzene rings is 1. The highest BCUT2D eigenvalue weighted by Crippen LogP contribution is 2.11. The SMILES string of the molecule is C/C=C/COc1ccc(CNC)cc1. The lowest BCUT2D eigenvalue weighted by Crippen LogP contribution is -2.04. The third kappa shape index (κ3) is 3.62. The summed E-state index contributed by atoms with van der Waals surface area (Å²) in [6, 6.07) is 8.13. The van der Waals surface area contributed by atoms with Gasteiger partial charge in [-0.1, -0.05) is 24.3 Å². The van der Waals surface area contributed by atoms with E-state index in [1.807, 2.05) is 38.3 Å². The van der Waals surface area contributed by atoms with Crippen LogP contribution in [0.25, 0.3) is 0 Å². The summed E-state index contributed by atoms with van der Waals surface area (Å²) in [5, 5.41) is 3.10. The quantitative estimate of drug-likeness (QED) is 0.721. The Morgan fingerprint density at radius 3 is 2.57 bits per heavy atom. The molecule has 0 saturated heterocycles. The van der Waals surface area contributed by atoms with E-state index in [4.69, 9.17) is 4.74 Å². The van der Waals surface area contributed by atoms with E-state index in [-0.39, 0.29) is 0 Å². The minimum atomic E-state index is 0.641. The van der Waals surface area contributed by atoms with Gasteiger partial charge in [-0.15, -0.1) is 0 Å². The van der Waals surface area contributed by atoms with Crippen LogP contribution < -0.4 is 10.1 Å². The van der Waals surface area contributed by atoms with Crippen LogP contribution in [0.2, 0.25) is 0 Å². The van der Waals surface area contributed by atoms with E-state index < -0.39 is 0 Å². The molecule has 0 saturated carbocycles. The van der Waals surface area contributed by atoms with E-state index in [9.17, 15) is 0 Å². The van der Waals surface area contributed by atoms with Crippen LogP contribution in [0, 0.1) is 0 Å². The Bertz CT molecular complexity index is 277. The molecule has 1 aromatic carbocycles. The zero-order valence-corrected chi connectivity index (χ0v) is 8.79. The van der Waals surface area contributed by atoms with Gasteiger partial charge in [0.2, 0.25) is 0 Å². The fourth-order valence-electron chi connectivity index (χ4n) is 1.15.